The van der Waals surface area contributed by atoms with Crippen LogP contribution < -0.4 is 11.2 Å². The van der Waals surface area contributed by atoms with E-state index in [1.807, 2.05) is 0 Å². The zero-order valence-electron chi connectivity index (χ0n) is 3.19. The highest BCUT2D eigenvalue weighted by Crippen LogP contribution is 1.77. The largest absolute Gasteiger partial charge is 0.375 e. The minimum Gasteiger partial charge on any atom is -0.375 e. The van der Waals surface area contributed by atoms with Gasteiger partial charge < -0.3 is 5.73 Å². The molecule has 0 fully saturated rings. The minimum absolute atomic E-state index is 0.454. The number of hydrogen-bond acceptors (Lipinski definition) is 2. The lowest BCUT2D eigenvalue weighted by Gasteiger charge is -1.98. The standard InChI is InChI=1S/CH3F2N3S/c2-6(3)5-1(4)7/h(H3,4,5,7). The van der Waals surface area contributed by atoms with Crippen molar-refractivity contribution in [3.05, 3.63) is 0 Å². The van der Waals surface area contributed by atoms with E-state index in [1.54, 1.807) is 0 Å². The topological polar surface area (TPSA) is 41.3 Å². The van der Waals surface area contributed by atoms with E-state index in [0.29, 0.717) is 0 Å². The summed E-state index contributed by atoms with van der Waals surface area (Å²) in [5.74, 6) is 0. The first-order chi connectivity index (χ1) is 3.13. The lowest BCUT2D eigenvalue weighted by Crippen LogP contribution is -2.35. The summed E-state index contributed by atoms with van der Waals surface area (Å²) in [4.78, 5) is 0. The fourth-order valence-corrected chi connectivity index (χ4v) is 0.152. The van der Waals surface area contributed by atoms with Crippen molar-refractivity contribution in [3.63, 3.8) is 0 Å². The number of nitrogens with zero attached hydrogens (tertiary/aromatic N) is 1. The third-order valence-electron chi connectivity index (χ3n) is 0.195. The monoisotopic (exact) mass is 127 g/mol. The number of hydrogen-bond donors (Lipinski definition) is 2. The molecule has 0 aromatic carbocycles. The SMILES string of the molecule is NC(=S)NN(F)F. The van der Waals surface area contributed by atoms with E-state index in [-0.39, 0.29) is 0 Å². The second kappa shape index (κ2) is 2.64. The Morgan fingerprint density at radius 2 is 2.14 bits per heavy atom. The molecule has 0 aromatic rings. The Morgan fingerprint density at radius 1 is 1.71 bits per heavy atom. The van der Waals surface area contributed by atoms with Gasteiger partial charge in [-0.3, -0.25) is 0 Å². The molecular weight excluding hydrogens is 124 g/mol. The second-order valence-corrected chi connectivity index (χ2v) is 1.15. The van der Waals surface area contributed by atoms with E-state index in [9.17, 15) is 8.96 Å². The summed E-state index contributed by atoms with van der Waals surface area (Å²) in [6.45, 7) is 0. The molecule has 0 saturated heterocycles. The average Bonchev–Trinajstić information content (AvgIpc) is 1.27. The van der Waals surface area contributed by atoms with Gasteiger partial charge in [-0.15, -0.1) is 0 Å². The number of nitrogens with two attached hydrogens (primary N) is 1. The van der Waals surface area contributed by atoms with Crippen LogP contribution >= 0.6 is 12.2 Å². The van der Waals surface area contributed by atoms with Crippen molar-refractivity contribution in [3.8, 4) is 0 Å². The van der Waals surface area contributed by atoms with Crippen LogP contribution in [0.15, 0.2) is 0 Å². The van der Waals surface area contributed by atoms with Crippen molar-refractivity contribution in [1.29, 1.82) is 0 Å². The van der Waals surface area contributed by atoms with Gasteiger partial charge in [0.25, 0.3) is 0 Å². The summed E-state index contributed by atoms with van der Waals surface area (Å²) in [5, 5.41) is -0.454. The summed E-state index contributed by atoms with van der Waals surface area (Å²) in [5.41, 5.74) is 4.59. The van der Waals surface area contributed by atoms with E-state index in [0.717, 1.165) is 0 Å². The fourth-order valence-electron chi connectivity index (χ4n) is 0.0833. The Labute approximate surface area is 43.9 Å². The van der Waals surface area contributed by atoms with Crippen LogP contribution in [0.25, 0.3) is 0 Å². The van der Waals surface area contributed by atoms with E-state index in [4.69, 9.17) is 0 Å². The lowest BCUT2D eigenvalue weighted by molar-refractivity contribution is -0.179. The van der Waals surface area contributed by atoms with Gasteiger partial charge in [0.05, 0.1) is 0 Å². The van der Waals surface area contributed by atoms with Crippen LogP contribution in [-0.2, 0) is 0 Å². The normalized spacial score (nSPS) is 9.00. The van der Waals surface area contributed by atoms with Crippen molar-refractivity contribution in [2.45, 2.75) is 0 Å². The Balaban J connectivity index is 3.13. The predicted octanol–water partition coefficient (Wildman–Crippen LogP) is -0.194. The number of halogens is 2. The van der Waals surface area contributed by atoms with Crippen LogP contribution in [0.2, 0.25) is 0 Å². The molecule has 0 atom stereocenters. The van der Waals surface area contributed by atoms with Crippen molar-refractivity contribution in [1.82, 2.24) is 10.9 Å². The minimum atomic E-state index is -1.32. The molecule has 0 spiro atoms. The molecule has 42 valence electrons. The van der Waals surface area contributed by atoms with Gasteiger partial charge in [0.1, 0.15) is 5.45 Å². The highest BCUT2D eigenvalue weighted by atomic mass is 32.1. The number of nitrogens with one attached hydrogen (secondary N) is 1. The van der Waals surface area contributed by atoms with Crippen molar-refractivity contribution in [2.24, 2.45) is 5.73 Å². The van der Waals surface area contributed by atoms with Gasteiger partial charge in [0.15, 0.2) is 5.11 Å². The van der Waals surface area contributed by atoms with Crippen LogP contribution in [0.3, 0.4) is 0 Å². The van der Waals surface area contributed by atoms with Gasteiger partial charge in [-0.25, -0.2) is 5.43 Å². The first kappa shape index (κ1) is 6.51. The molecule has 0 bridgehead atoms. The molecule has 3 N–H and O–H groups in total. The van der Waals surface area contributed by atoms with Gasteiger partial charge in [0.2, 0.25) is 0 Å². The Kier molecular flexibility index (Phi) is 2.46. The number of rotatable bonds is 1. The molecule has 6 heteroatoms. The van der Waals surface area contributed by atoms with E-state index in [2.05, 4.69) is 18.0 Å². The predicted molar refractivity (Wildman–Crippen MR) is 24.0 cm³/mol. The summed E-state index contributed by atoms with van der Waals surface area (Å²) in [6.07, 6.45) is 0. The van der Waals surface area contributed by atoms with Gasteiger partial charge in [-0.2, -0.15) is 0 Å². The highest BCUT2D eigenvalue weighted by molar-refractivity contribution is 7.80. The molecule has 0 aliphatic heterocycles. The summed E-state index contributed by atoms with van der Waals surface area (Å²) in [6, 6.07) is 0. The van der Waals surface area contributed by atoms with Crippen LogP contribution in [0.5, 0.6) is 0 Å². The molecule has 0 aliphatic rings. The molecule has 0 aliphatic carbocycles. The zero-order valence-corrected chi connectivity index (χ0v) is 4.01. The maximum atomic E-state index is 10.8. The summed E-state index contributed by atoms with van der Waals surface area (Å²) >= 11 is 4.02. The molecule has 0 radical (unpaired) electrons. The van der Waals surface area contributed by atoms with Crippen molar-refractivity contribution >= 4 is 17.3 Å². The molecule has 0 amide bonds. The summed E-state index contributed by atoms with van der Waals surface area (Å²) < 4.78 is 21.7. The van der Waals surface area contributed by atoms with E-state index in [1.165, 1.54) is 5.43 Å². The summed E-state index contributed by atoms with van der Waals surface area (Å²) in [7, 11) is 0. The first-order valence-electron chi connectivity index (χ1n) is 1.30. The molecule has 3 nitrogen and oxygen atoms in total. The van der Waals surface area contributed by atoms with Gasteiger partial charge in [0, 0.05) is 0 Å². The van der Waals surface area contributed by atoms with Gasteiger partial charge in [-0.1, -0.05) is 8.96 Å². The third kappa shape index (κ3) is 5.51. The van der Waals surface area contributed by atoms with Crippen LogP contribution in [-0.4, -0.2) is 10.6 Å². The molecule has 7 heavy (non-hydrogen) atoms. The Hall–Kier alpha value is -0.490. The highest BCUT2D eigenvalue weighted by Gasteiger charge is 1.93. The Morgan fingerprint density at radius 3 is 2.14 bits per heavy atom. The fraction of sp³-hybridized carbons (Fsp3) is 0. The maximum absolute atomic E-state index is 10.8. The van der Waals surface area contributed by atoms with Crippen molar-refractivity contribution < 1.29 is 8.96 Å². The maximum Gasteiger partial charge on any atom is 0.182 e. The average molecular weight is 127 g/mol. The molecule has 0 aromatic heterocycles. The quantitative estimate of drug-likeness (QED) is 0.291. The number of thiocarbonyl (C=S) groups is 1. The molecule has 0 rings (SSSR count). The lowest BCUT2D eigenvalue weighted by atomic mass is 11.2. The van der Waals surface area contributed by atoms with Crippen LogP contribution in [0.4, 0.5) is 8.96 Å². The third-order valence-corrected chi connectivity index (χ3v) is 0.286. The first-order valence-corrected chi connectivity index (χ1v) is 1.71. The zero-order chi connectivity index (χ0) is 5.86. The van der Waals surface area contributed by atoms with E-state index >= 15 is 0 Å². The van der Waals surface area contributed by atoms with Gasteiger partial charge >= 0.3 is 0 Å². The molecule has 0 saturated carbocycles. The smallest absolute Gasteiger partial charge is 0.182 e. The van der Waals surface area contributed by atoms with Crippen LogP contribution in [0, 0.1) is 0 Å². The van der Waals surface area contributed by atoms with Crippen LogP contribution in [0.1, 0.15) is 0 Å². The number of hydrazine groups is 1. The van der Waals surface area contributed by atoms with Gasteiger partial charge in [-0.05, 0) is 12.2 Å². The second-order valence-electron chi connectivity index (χ2n) is 0.709. The molecule has 0 heterocycles. The van der Waals surface area contributed by atoms with Crippen molar-refractivity contribution in [2.75, 3.05) is 0 Å². The molecular formula is CH3F2N3S. The van der Waals surface area contributed by atoms with E-state index < -0.39 is 10.6 Å². The molecule has 0 unspecified atom stereocenters. The Bertz CT molecular complexity index is 73.3.